The fourth-order valence-electron chi connectivity index (χ4n) is 2.38. The lowest BCUT2D eigenvalue weighted by atomic mass is 10.1. The van der Waals surface area contributed by atoms with Gasteiger partial charge in [0.15, 0.2) is 0 Å². The Hall–Kier alpha value is -1.63. The van der Waals surface area contributed by atoms with Crippen molar-refractivity contribution in [1.29, 1.82) is 0 Å². The number of nitrogens with one attached hydrogen (secondary N) is 1. The first-order chi connectivity index (χ1) is 12.5. The molecule has 142 valence electrons. The molecule has 6 heteroatoms. The number of ether oxygens (including phenoxy) is 1. The van der Waals surface area contributed by atoms with Crippen LogP contribution in [0, 0.1) is 0 Å². The molecule has 1 aliphatic heterocycles. The molecular weight excluding hydrogens is 364 g/mol. The minimum Gasteiger partial charge on any atom is -0.497 e. The summed E-state index contributed by atoms with van der Waals surface area (Å²) in [7, 11) is 3.56. The third kappa shape index (κ3) is 6.59. The maximum atomic E-state index is 12.8. The van der Waals surface area contributed by atoms with Gasteiger partial charge < -0.3 is 14.4 Å². The zero-order valence-corrected chi connectivity index (χ0v) is 17.6. The Balaban J connectivity index is 0.00000163. The topological polar surface area (TPSA) is 41.6 Å². The van der Waals surface area contributed by atoms with Crippen molar-refractivity contribution in [1.82, 2.24) is 9.62 Å². The molecule has 0 saturated carbocycles. The number of carbonyl (C=O) groups is 1. The molecule has 0 unspecified atom stereocenters. The van der Waals surface area contributed by atoms with E-state index in [1.807, 2.05) is 26.1 Å². The largest absolute Gasteiger partial charge is 0.497 e. The fraction of sp³-hybridized carbons (Fsp3) is 0.350. The number of hydrogen-bond acceptors (Lipinski definition) is 6. The van der Waals surface area contributed by atoms with E-state index in [2.05, 4.69) is 28.8 Å². The average Bonchev–Trinajstić information content (AvgIpc) is 2.81. The van der Waals surface area contributed by atoms with E-state index in [0.29, 0.717) is 10.5 Å². The normalized spacial score (nSPS) is 13.9. The Morgan fingerprint density at radius 2 is 1.92 bits per heavy atom. The number of hydrogen-bond donors (Lipinski definition) is 2. The van der Waals surface area contributed by atoms with Crippen LogP contribution in [-0.2, 0) is 0 Å². The van der Waals surface area contributed by atoms with Crippen LogP contribution in [-0.4, -0.2) is 43.6 Å². The van der Waals surface area contributed by atoms with Gasteiger partial charge in [-0.05, 0) is 87.1 Å². The second-order valence-corrected chi connectivity index (χ2v) is 6.64. The van der Waals surface area contributed by atoms with Crippen molar-refractivity contribution >= 4 is 30.4 Å². The van der Waals surface area contributed by atoms with Gasteiger partial charge in [-0.3, -0.25) is 4.79 Å². The first-order valence-corrected chi connectivity index (χ1v) is 10.0. The fourth-order valence-corrected chi connectivity index (χ4v) is 3.44. The molecule has 1 aromatic carbocycles. The van der Waals surface area contributed by atoms with Crippen LogP contribution < -0.4 is 10.1 Å². The number of methoxy groups -OCH3 is 1. The van der Waals surface area contributed by atoms with Gasteiger partial charge in [-0.15, -0.1) is 0 Å². The number of thiol groups is 1. The highest BCUT2D eigenvalue weighted by Crippen LogP contribution is 2.33. The molecule has 0 amide bonds. The molecule has 0 fully saturated rings. The van der Waals surface area contributed by atoms with E-state index in [-0.39, 0.29) is 5.78 Å². The maximum absolute atomic E-state index is 12.8. The first kappa shape index (κ1) is 22.4. The van der Waals surface area contributed by atoms with Crippen molar-refractivity contribution < 1.29 is 9.53 Å². The molecule has 2 rings (SSSR count). The molecule has 0 radical (unpaired) electrons. The minimum atomic E-state index is 0.00511. The van der Waals surface area contributed by atoms with Crippen LogP contribution >= 0.6 is 24.6 Å². The Morgan fingerprint density at radius 1 is 1.27 bits per heavy atom. The summed E-state index contributed by atoms with van der Waals surface area (Å²) in [6, 6.07) is 7.19. The summed E-state index contributed by atoms with van der Waals surface area (Å²) >= 11 is 5.01. The summed E-state index contributed by atoms with van der Waals surface area (Å²) in [5, 5.41) is 3.15. The Kier molecular flexibility index (Phi) is 10.2. The van der Waals surface area contributed by atoms with Gasteiger partial charge in [0.2, 0.25) is 5.78 Å². The molecule has 0 aromatic heterocycles. The van der Waals surface area contributed by atoms with Crippen molar-refractivity contribution in [2.45, 2.75) is 13.3 Å². The van der Waals surface area contributed by atoms with Crippen LogP contribution in [0.15, 0.2) is 59.2 Å². The Morgan fingerprint density at radius 3 is 2.50 bits per heavy atom. The van der Waals surface area contributed by atoms with Crippen LogP contribution in [0.2, 0.25) is 0 Å². The number of benzene rings is 1. The molecule has 0 spiro atoms. The highest BCUT2D eigenvalue weighted by molar-refractivity contribution is 8.02. The quantitative estimate of drug-likeness (QED) is 0.313. The third-order valence-electron chi connectivity index (χ3n) is 3.68. The molecule has 1 aliphatic rings. The van der Waals surface area contributed by atoms with Crippen molar-refractivity contribution in [2.24, 2.45) is 0 Å². The number of ketones is 1. The van der Waals surface area contributed by atoms with E-state index in [4.69, 9.17) is 4.74 Å². The van der Waals surface area contributed by atoms with Gasteiger partial charge in [-0.2, -0.15) is 12.6 Å². The molecule has 4 nitrogen and oxygen atoms in total. The smallest absolute Gasteiger partial charge is 0.201 e. The lowest BCUT2D eigenvalue weighted by molar-refractivity contribution is 0.104. The maximum Gasteiger partial charge on any atom is 0.201 e. The molecular formula is C20H28N2O2S2. The summed E-state index contributed by atoms with van der Waals surface area (Å²) in [5.74, 6) is 0.746. The third-order valence-corrected chi connectivity index (χ3v) is 4.87. The van der Waals surface area contributed by atoms with Crippen molar-refractivity contribution in [2.75, 3.05) is 33.5 Å². The van der Waals surface area contributed by atoms with Crippen LogP contribution in [0.5, 0.6) is 5.75 Å². The second kappa shape index (κ2) is 11.9. The number of Topliss-reactive ketones (excluding diaryl/α,β-unsaturated/α-hetero) is 1. The van der Waals surface area contributed by atoms with E-state index >= 15 is 0 Å². The summed E-state index contributed by atoms with van der Waals surface area (Å²) in [6.45, 7) is 7.89. The van der Waals surface area contributed by atoms with Crippen molar-refractivity contribution in [3.8, 4) is 5.75 Å². The van der Waals surface area contributed by atoms with Crippen molar-refractivity contribution in [3.63, 3.8) is 0 Å². The van der Waals surface area contributed by atoms with Crippen LogP contribution in [0.4, 0.5) is 0 Å². The molecule has 0 saturated heterocycles. The van der Waals surface area contributed by atoms with Crippen LogP contribution in [0.3, 0.4) is 0 Å². The molecule has 1 N–H and O–H groups in total. The van der Waals surface area contributed by atoms with E-state index in [0.717, 1.165) is 36.5 Å². The monoisotopic (exact) mass is 392 g/mol. The lowest BCUT2D eigenvalue weighted by Gasteiger charge is -2.23. The molecule has 0 atom stereocenters. The summed E-state index contributed by atoms with van der Waals surface area (Å²) in [4.78, 5) is 13.5. The predicted molar refractivity (Wildman–Crippen MR) is 116 cm³/mol. The highest BCUT2D eigenvalue weighted by Gasteiger charge is 2.20. The van der Waals surface area contributed by atoms with Crippen LogP contribution in [0.1, 0.15) is 23.7 Å². The molecule has 1 heterocycles. The number of allylic oxidation sites excluding steroid dienone is 5. The van der Waals surface area contributed by atoms with Gasteiger partial charge in [0, 0.05) is 17.8 Å². The Labute approximate surface area is 166 Å². The van der Waals surface area contributed by atoms with Crippen molar-refractivity contribution in [3.05, 3.63) is 64.7 Å². The number of nitrogens with zero attached hydrogens (tertiary/aromatic N) is 1. The van der Waals surface area contributed by atoms with Gasteiger partial charge in [0.05, 0.1) is 12.0 Å². The first-order valence-electron chi connectivity index (χ1n) is 8.37. The van der Waals surface area contributed by atoms with Gasteiger partial charge in [-0.25, -0.2) is 0 Å². The zero-order valence-electron chi connectivity index (χ0n) is 15.9. The lowest BCUT2D eigenvalue weighted by Crippen LogP contribution is -2.20. The van der Waals surface area contributed by atoms with E-state index in [9.17, 15) is 4.79 Å². The second-order valence-electron chi connectivity index (χ2n) is 5.58. The van der Waals surface area contributed by atoms with Gasteiger partial charge in [0.1, 0.15) is 5.75 Å². The van der Waals surface area contributed by atoms with Crippen LogP contribution in [0.25, 0.3) is 0 Å². The predicted octanol–water partition coefficient (Wildman–Crippen LogP) is 4.34. The molecule has 0 aliphatic carbocycles. The molecule has 26 heavy (non-hydrogen) atoms. The molecule has 0 bridgehead atoms. The van der Waals surface area contributed by atoms with E-state index in [1.54, 1.807) is 37.6 Å². The van der Waals surface area contributed by atoms with Gasteiger partial charge >= 0.3 is 0 Å². The standard InChI is InChI=1S/C19H24N2O2S.CH4S/c1-14-12-15(2)21(11-5-10-20-3)24-18(13-14)19(22)16-6-8-17(23-4)9-7-16;1-2/h6-9,12-13,20H,1,5,10-11H2,2-4H3;2H,1H3. The summed E-state index contributed by atoms with van der Waals surface area (Å²) < 4.78 is 7.31. The van der Waals surface area contributed by atoms with Gasteiger partial charge in [-0.1, -0.05) is 6.58 Å². The van der Waals surface area contributed by atoms with Gasteiger partial charge in [0.25, 0.3) is 0 Å². The minimum absolute atomic E-state index is 0.00511. The number of carbonyl (C=O) groups excluding carboxylic acids is 1. The SMILES string of the molecule is C=C1C=C(C(=O)c2ccc(OC)cc2)SN(CCCNC)C(C)=C1.CS. The summed E-state index contributed by atoms with van der Waals surface area (Å²) in [6.07, 6.45) is 6.57. The highest BCUT2D eigenvalue weighted by atomic mass is 32.2. The average molecular weight is 393 g/mol. The molecule has 1 aromatic rings. The zero-order chi connectivity index (χ0) is 19.5. The summed E-state index contributed by atoms with van der Waals surface area (Å²) in [5.41, 5.74) is 2.60. The Bertz CT molecular complexity index is 667. The number of rotatable bonds is 7. The van der Waals surface area contributed by atoms with E-state index < -0.39 is 0 Å². The van der Waals surface area contributed by atoms with E-state index in [1.165, 1.54) is 11.9 Å².